The molecule has 0 atom stereocenters. The minimum atomic E-state index is 0.561. The molecule has 0 aliphatic rings. The van der Waals surface area contributed by atoms with Crippen molar-refractivity contribution in [3.8, 4) is 11.5 Å². The molecular weight excluding hydrogens is 290 g/mol. The van der Waals surface area contributed by atoms with E-state index in [0.717, 1.165) is 42.3 Å². The summed E-state index contributed by atoms with van der Waals surface area (Å²) in [5.41, 5.74) is 2.20. The summed E-state index contributed by atoms with van der Waals surface area (Å²) in [5.74, 6) is 1.79. The number of hydrogen-bond donors (Lipinski definition) is 1. The number of methoxy groups -OCH3 is 1. The fourth-order valence-corrected chi connectivity index (χ4v) is 2.11. The van der Waals surface area contributed by atoms with Crippen LogP contribution in [0.3, 0.4) is 0 Å². The van der Waals surface area contributed by atoms with Crippen LogP contribution in [0.25, 0.3) is 0 Å². The maximum absolute atomic E-state index is 5.78. The summed E-state index contributed by atoms with van der Waals surface area (Å²) < 4.78 is 16.3. The first-order valence-corrected chi connectivity index (χ1v) is 8.00. The SMILES string of the molecule is CCCOc1ccccc1CNc1ccc(OCCOC)cc1. The summed E-state index contributed by atoms with van der Waals surface area (Å²) in [5, 5.41) is 3.41. The van der Waals surface area contributed by atoms with Gasteiger partial charge in [-0.15, -0.1) is 0 Å². The van der Waals surface area contributed by atoms with Crippen molar-refractivity contribution in [3.63, 3.8) is 0 Å². The van der Waals surface area contributed by atoms with Gasteiger partial charge in [0.05, 0.1) is 13.2 Å². The lowest BCUT2D eigenvalue weighted by Crippen LogP contribution is -2.05. The molecule has 2 aromatic carbocycles. The number of rotatable bonds is 10. The Hall–Kier alpha value is -2.20. The van der Waals surface area contributed by atoms with Crippen molar-refractivity contribution in [1.29, 1.82) is 0 Å². The van der Waals surface area contributed by atoms with Crippen molar-refractivity contribution in [1.82, 2.24) is 0 Å². The lowest BCUT2D eigenvalue weighted by molar-refractivity contribution is 0.146. The molecule has 0 unspecified atom stereocenters. The molecule has 0 radical (unpaired) electrons. The normalized spacial score (nSPS) is 10.3. The second-order valence-electron chi connectivity index (χ2n) is 5.18. The first-order valence-electron chi connectivity index (χ1n) is 8.00. The molecule has 0 aliphatic carbocycles. The Morgan fingerprint density at radius 1 is 0.870 bits per heavy atom. The quantitative estimate of drug-likeness (QED) is 0.670. The van der Waals surface area contributed by atoms with Crippen LogP contribution >= 0.6 is 0 Å². The maximum Gasteiger partial charge on any atom is 0.124 e. The largest absolute Gasteiger partial charge is 0.493 e. The van der Waals surface area contributed by atoms with Crippen molar-refractivity contribution < 1.29 is 14.2 Å². The van der Waals surface area contributed by atoms with E-state index in [1.807, 2.05) is 42.5 Å². The third kappa shape index (κ3) is 5.83. The molecule has 0 amide bonds. The van der Waals surface area contributed by atoms with E-state index in [1.165, 1.54) is 0 Å². The first kappa shape index (κ1) is 17.2. The summed E-state index contributed by atoms with van der Waals surface area (Å²) in [6.07, 6.45) is 1.01. The van der Waals surface area contributed by atoms with Crippen LogP contribution in [0.4, 0.5) is 5.69 Å². The fraction of sp³-hybridized carbons (Fsp3) is 0.368. The van der Waals surface area contributed by atoms with E-state index in [4.69, 9.17) is 14.2 Å². The Morgan fingerprint density at radius 2 is 1.65 bits per heavy atom. The minimum absolute atomic E-state index is 0.561. The summed E-state index contributed by atoms with van der Waals surface area (Å²) in [7, 11) is 1.67. The Balaban J connectivity index is 1.88. The van der Waals surface area contributed by atoms with Crippen molar-refractivity contribution in [2.45, 2.75) is 19.9 Å². The zero-order valence-electron chi connectivity index (χ0n) is 13.9. The van der Waals surface area contributed by atoms with Gasteiger partial charge in [-0.05, 0) is 36.8 Å². The van der Waals surface area contributed by atoms with E-state index < -0.39 is 0 Å². The van der Waals surface area contributed by atoms with Gasteiger partial charge >= 0.3 is 0 Å². The average Bonchev–Trinajstić information content (AvgIpc) is 2.60. The van der Waals surface area contributed by atoms with Gasteiger partial charge in [0.2, 0.25) is 0 Å². The van der Waals surface area contributed by atoms with E-state index in [1.54, 1.807) is 7.11 Å². The molecule has 0 saturated heterocycles. The summed E-state index contributed by atoms with van der Waals surface area (Å²) in [6, 6.07) is 16.1. The highest BCUT2D eigenvalue weighted by Crippen LogP contribution is 2.21. The molecule has 124 valence electrons. The van der Waals surface area contributed by atoms with Crippen LogP contribution < -0.4 is 14.8 Å². The summed E-state index contributed by atoms with van der Waals surface area (Å²) in [6.45, 7) is 4.73. The van der Waals surface area contributed by atoms with Crippen LogP contribution in [0.5, 0.6) is 11.5 Å². The second-order valence-corrected chi connectivity index (χ2v) is 5.18. The topological polar surface area (TPSA) is 39.7 Å². The number of benzene rings is 2. The van der Waals surface area contributed by atoms with Gasteiger partial charge in [0.1, 0.15) is 18.1 Å². The molecule has 4 nitrogen and oxygen atoms in total. The zero-order chi connectivity index (χ0) is 16.3. The Morgan fingerprint density at radius 3 is 2.39 bits per heavy atom. The molecule has 4 heteroatoms. The summed E-state index contributed by atoms with van der Waals surface area (Å²) in [4.78, 5) is 0. The Labute approximate surface area is 138 Å². The van der Waals surface area contributed by atoms with E-state index >= 15 is 0 Å². The third-order valence-corrected chi connectivity index (χ3v) is 3.33. The van der Waals surface area contributed by atoms with E-state index in [9.17, 15) is 0 Å². The van der Waals surface area contributed by atoms with E-state index in [-0.39, 0.29) is 0 Å². The number of para-hydroxylation sites is 1. The van der Waals surface area contributed by atoms with Gasteiger partial charge in [-0.2, -0.15) is 0 Å². The van der Waals surface area contributed by atoms with Gasteiger partial charge < -0.3 is 19.5 Å². The van der Waals surface area contributed by atoms with Crippen molar-refractivity contribution in [2.75, 3.05) is 32.2 Å². The molecule has 0 aliphatic heterocycles. The third-order valence-electron chi connectivity index (χ3n) is 3.33. The highest BCUT2D eigenvalue weighted by Gasteiger charge is 2.03. The molecular formula is C19H25NO3. The number of hydrogen-bond acceptors (Lipinski definition) is 4. The van der Waals surface area contributed by atoms with Gasteiger partial charge in [-0.3, -0.25) is 0 Å². The first-order chi connectivity index (χ1) is 11.3. The fourth-order valence-electron chi connectivity index (χ4n) is 2.11. The molecule has 0 bridgehead atoms. The average molecular weight is 315 g/mol. The molecule has 1 N–H and O–H groups in total. The van der Waals surface area contributed by atoms with Crippen LogP contribution in [0, 0.1) is 0 Å². The smallest absolute Gasteiger partial charge is 0.124 e. The van der Waals surface area contributed by atoms with Gasteiger partial charge in [0, 0.05) is 24.9 Å². The van der Waals surface area contributed by atoms with Crippen LogP contribution in [0.1, 0.15) is 18.9 Å². The number of nitrogens with one attached hydrogen (secondary N) is 1. The lowest BCUT2D eigenvalue weighted by Gasteiger charge is -2.13. The minimum Gasteiger partial charge on any atom is -0.493 e. The molecule has 2 aromatic rings. The summed E-state index contributed by atoms with van der Waals surface area (Å²) >= 11 is 0. The second kappa shape index (κ2) is 9.74. The molecule has 0 spiro atoms. The highest BCUT2D eigenvalue weighted by atomic mass is 16.5. The molecule has 2 rings (SSSR count). The molecule has 0 fully saturated rings. The van der Waals surface area contributed by atoms with Gasteiger partial charge in [0.25, 0.3) is 0 Å². The van der Waals surface area contributed by atoms with Crippen molar-refractivity contribution >= 4 is 5.69 Å². The Kier molecular flexibility index (Phi) is 7.27. The van der Waals surface area contributed by atoms with E-state index in [2.05, 4.69) is 18.3 Å². The maximum atomic E-state index is 5.78. The molecule has 0 aromatic heterocycles. The monoisotopic (exact) mass is 315 g/mol. The van der Waals surface area contributed by atoms with Crippen LogP contribution in [-0.4, -0.2) is 26.9 Å². The highest BCUT2D eigenvalue weighted by molar-refractivity contribution is 5.47. The zero-order valence-corrected chi connectivity index (χ0v) is 13.9. The molecule has 23 heavy (non-hydrogen) atoms. The van der Waals surface area contributed by atoms with Gasteiger partial charge in [-0.25, -0.2) is 0 Å². The van der Waals surface area contributed by atoms with Crippen LogP contribution in [-0.2, 0) is 11.3 Å². The number of anilines is 1. The van der Waals surface area contributed by atoms with Gasteiger partial charge in [0.15, 0.2) is 0 Å². The Bertz CT molecular complexity index is 569. The van der Waals surface area contributed by atoms with Crippen molar-refractivity contribution in [2.24, 2.45) is 0 Å². The molecule has 0 saturated carbocycles. The molecule has 0 heterocycles. The standard InChI is InChI=1S/C19H25NO3/c1-3-12-23-19-7-5-4-6-16(19)15-20-17-8-10-18(11-9-17)22-14-13-21-2/h4-11,20H,3,12-15H2,1-2H3. The van der Waals surface area contributed by atoms with Crippen LogP contribution in [0.15, 0.2) is 48.5 Å². The predicted molar refractivity (Wildman–Crippen MR) is 93.4 cm³/mol. The predicted octanol–water partition coefficient (Wildman–Crippen LogP) is 4.11. The van der Waals surface area contributed by atoms with Crippen LogP contribution in [0.2, 0.25) is 0 Å². The van der Waals surface area contributed by atoms with E-state index in [0.29, 0.717) is 13.2 Å². The van der Waals surface area contributed by atoms with Gasteiger partial charge in [-0.1, -0.05) is 25.1 Å². The number of ether oxygens (including phenoxy) is 3. The van der Waals surface area contributed by atoms with Crippen molar-refractivity contribution in [3.05, 3.63) is 54.1 Å². The lowest BCUT2D eigenvalue weighted by atomic mass is 10.2.